The van der Waals surface area contributed by atoms with Gasteiger partial charge in [0.2, 0.25) is 0 Å². The molecule has 2 aromatic carbocycles. The molecule has 1 aliphatic carbocycles. The van der Waals surface area contributed by atoms with E-state index in [4.69, 9.17) is 5.26 Å². The maximum absolute atomic E-state index is 9.10. The van der Waals surface area contributed by atoms with Crippen molar-refractivity contribution in [2.75, 3.05) is 24.5 Å². The highest BCUT2D eigenvalue weighted by atomic mass is 15.3. The standard InChI is InChI=1S/C22H25N3/c1-2-22(21-12-9-18-5-3-4-6-20(18)21)16-24-13-14-25(22)19-10-7-17(15-23)8-11-19/h3-8,10-11,21,24H,2,9,12-14,16H2,1H3. The zero-order valence-electron chi connectivity index (χ0n) is 14.8. The van der Waals surface area contributed by atoms with E-state index in [-0.39, 0.29) is 5.54 Å². The number of anilines is 1. The number of rotatable bonds is 3. The van der Waals surface area contributed by atoms with Gasteiger partial charge in [-0.25, -0.2) is 0 Å². The lowest BCUT2D eigenvalue weighted by Crippen LogP contribution is -2.64. The number of nitriles is 1. The first-order valence-corrected chi connectivity index (χ1v) is 9.35. The second-order valence-corrected chi connectivity index (χ2v) is 7.23. The Morgan fingerprint density at radius 1 is 1.20 bits per heavy atom. The van der Waals surface area contributed by atoms with Gasteiger partial charge >= 0.3 is 0 Å². The molecule has 1 N–H and O–H groups in total. The van der Waals surface area contributed by atoms with Crippen LogP contribution in [0.15, 0.2) is 48.5 Å². The fourth-order valence-corrected chi connectivity index (χ4v) is 4.90. The Bertz CT molecular complexity index is 790. The summed E-state index contributed by atoms with van der Waals surface area (Å²) in [6.07, 6.45) is 3.52. The van der Waals surface area contributed by atoms with E-state index in [0.29, 0.717) is 5.92 Å². The van der Waals surface area contributed by atoms with Crippen LogP contribution in [-0.2, 0) is 6.42 Å². The minimum absolute atomic E-state index is 0.0962. The van der Waals surface area contributed by atoms with Crippen LogP contribution in [0.2, 0.25) is 0 Å². The molecule has 0 spiro atoms. The summed E-state index contributed by atoms with van der Waals surface area (Å²) in [6.45, 7) is 5.36. The van der Waals surface area contributed by atoms with E-state index in [1.54, 1.807) is 0 Å². The maximum atomic E-state index is 9.10. The van der Waals surface area contributed by atoms with Crippen molar-refractivity contribution in [1.82, 2.24) is 5.32 Å². The number of nitrogens with one attached hydrogen (secondary N) is 1. The van der Waals surface area contributed by atoms with Gasteiger partial charge in [-0.05, 0) is 54.7 Å². The highest BCUT2D eigenvalue weighted by Gasteiger charge is 2.46. The number of fused-ring (bicyclic) bond motifs is 1. The molecular formula is C22H25N3. The van der Waals surface area contributed by atoms with Gasteiger partial charge in [0.25, 0.3) is 0 Å². The molecule has 1 fully saturated rings. The van der Waals surface area contributed by atoms with Crippen LogP contribution >= 0.6 is 0 Å². The van der Waals surface area contributed by atoms with Crippen LogP contribution in [0.1, 0.15) is 42.4 Å². The zero-order chi connectivity index (χ0) is 17.3. The van der Waals surface area contributed by atoms with Crippen LogP contribution in [0.3, 0.4) is 0 Å². The topological polar surface area (TPSA) is 39.1 Å². The number of aryl methyl sites for hydroxylation is 1. The lowest BCUT2D eigenvalue weighted by atomic mass is 9.75. The predicted octanol–water partition coefficient (Wildman–Crippen LogP) is 3.85. The van der Waals surface area contributed by atoms with Gasteiger partial charge in [-0.1, -0.05) is 31.2 Å². The van der Waals surface area contributed by atoms with E-state index in [0.717, 1.165) is 31.6 Å². The lowest BCUT2D eigenvalue weighted by Gasteiger charge is -2.52. The molecule has 128 valence electrons. The Morgan fingerprint density at radius 2 is 2.00 bits per heavy atom. The summed E-state index contributed by atoms with van der Waals surface area (Å²) >= 11 is 0. The van der Waals surface area contributed by atoms with Crippen molar-refractivity contribution in [3.63, 3.8) is 0 Å². The van der Waals surface area contributed by atoms with Gasteiger partial charge in [-0.15, -0.1) is 0 Å². The number of hydrogen-bond acceptors (Lipinski definition) is 3. The number of nitrogens with zero attached hydrogens (tertiary/aromatic N) is 2. The Kier molecular flexibility index (Phi) is 4.23. The van der Waals surface area contributed by atoms with Crippen LogP contribution in [0, 0.1) is 11.3 Å². The molecule has 2 aromatic rings. The maximum Gasteiger partial charge on any atom is 0.0991 e. The molecule has 25 heavy (non-hydrogen) atoms. The van der Waals surface area contributed by atoms with Crippen molar-refractivity contribution in [3.05, 3.63) is 65.2 Å². The third-order valence-electron chi connectivity index (χ3n) is 6.18. The summed E-state index contributed by atoms with van der Waals surface area (Å²) in [5.41, 5.74) is 5.12. The van der Waals surface area contributed by atoms with Crippen molar-refractivity contribution in [2.45, 2.75) is 37.6 Å². The van der Waals surface area contributed by atoms with Gasteiger partial charge in [-0.3, -0.25) is 0 Å². The Morgan fingerprint density at radius 3 is 2.76 bits per heavy atom. The Balaban J connectivity index is 1.76. The minimum atomic E-state index is 0.0962. The van der Waals surface area contributed by atoms with E-state index in [2.05, 4.69) is 59.6 Å². The average molecular weight is 331 g/mol. The highest BCUT2D eigenvalue weighted by molar-refractivity contribution is 5.55. The SMILES string of the molecule is CCC1(C2CCc3ccccc32)CNCCN1c1ccc(C#N)cc1. The first kappa shape index (κ1) is 16.2. The molecular weight excluding hydrogens is 306 g/mol. The van der Waals surface area contributed by atoms with Crippen LogP contribution in [-0.4, -0.2) is 25.2 Å². The largest absolute Gasteiger partial charge is 0.363 e. The molecule has 2 aliphatic rings. The molecule has 0 amide bonds. The van der Waals surface area contributed by atoms with Crippen LogP contribution < -0.4 is 10.2 Å². The summed E-state index contributed by atoms with van der Waals surface area (Å²) in [5.74, 6) is 0.553. The second-order valence-electron chi connectivity index (χ2n) is 7.23. The second kappa shape index (κ2) is 6.54. The van der Waals surface area contributed by atoms with Gasteiger partial charge in [0.05, 0.1) is 17.2 Å². The third-order valence-corrected chi connectivity index (χ3v) is 6.18. The van der Waals surface area contributed by atoms with E-state index in [1.807, 2.05) is 12.1 Å². The average Bonchev–Trinajstić information content (AvgIpc) is 3.12. The quantitative estimate of drug-likeness (QED) is 0.928. The van der Waals surface area contributed by atoms with E-state index in [1.165, 1.54) is 29.7 Å². The molecule has 2 atom stereocenters. The van der Waals surface area contributed by atoms with Crippen LogP contribution in [0.25, 0.3) is 0 Å². The van der Waals surface area contributed by atoms with Crippen molar-refractivity contribution in [2.24, 2.45) is 0 Å². The number of piperazine rings is 1. The summed E-state index contributed by atoms with van der Waals surface area (Å²) in [6, 6.07) is 19.3. The van der Waals surface area contributed by atoms with Gasteiger partial charge in [0.15, 0.2) is 0 Å². The van der Waals surface area contributed by atoms with Crippen molar-refractivity contribution < 1.29 is 0 Å². The predicted molar refractivity (Wildman–Crippen MR) is 102 cm³/mol. The molecule has 0 saturated carbocycles. The fraction of sp³-hybridized carbons (Fsp3) is 0.409. The Hall–Kier alpha value is -2.31. The molecule has 1 aliphatic heterocycles. The first-order chi connectivity index (χ1) is 12.3. The third kappa shape index (κ3) is 2.62. The molecule has 1 heterocycles. The summed E-state index contributed by atoms with van der Waals surface area (Å²) in [7, 11) is 0. The molecule has 0 aromatic heterocycles. The first-order valence-electron chi connectivity index (χ1n) is 9.35. The molecule has 0 radical (unpaired) electrons. The summed E-state index contributed by atoms with van der Waals surface area (Å²) in [5, 5.41) is 12.8. The monoisotopic (exact) mass is 331 g/mol. The molecule has 3 heteroatoms. The molecule has 0 bridgehead atoms. The summed E-state index contributed by atoms with van der Waals surface area (Å²) in [4.78, 5) is 2.61. The number of hydrogen-bond donors (Lipinski definition) is 1. The van der Waals surface area contributed by atoms with Gasteiger partial charge < -0.3 is 10.2 Å². The van der Waals surface area contributed by atoms with E-state index >= 15 is 0 Å². The van der Waals surface area contributed by atoms with Gasteiger partial charge in [-0.2, -0.15) is 5.26 Å². The molecule has 1 saturated heterocycles. The van der Waals surface area contributed by atoms with Crippen molar-refractivity contribution in [3.8, 4) is 6.07 Å². The van der Waals surface area contributed by atoms with E-state index in [9.17, 15) is 0 Å². The normalized spacial score (nSPS) is 25.4. The van der Waals surface area contributed by atoms with Gasteiger partial charge in [0.1, 0.15) is 0 Å². The molecule has 4 rings (SSSR count). The smallest absolute Gasteiger partial charge is 0.0991 e. The minimum Gasteiger partial charge on any atom is -0.363 e. The summed E-state index contributed by atoms with van der Waals surface area (Å²) < 4.78 is 0. The zero-order valence-corrected chi connectivity index (χ0v) is 14.8. The molecule has 3 nitrogen and oxygen atoms in total. The van der Waals surface area contributed by atoms with Gasteiger partial charge in [0, 0.05) is 31.2 Å². The van der Waals surface area contributed by atoms with Crippen LogP contribution in [0.5, 0.6) is 0 Å². The Labute approximate surface area is 150 Å². The highest BCUT2D eigenvalue weighted by Crippen LogP contribution is 2.46. The number of benzene rings is 2. The fourth-order valence-electron chi connectivity index (χ4n) is 4.90. The lowest BCUT2D eigenvalue weighted by molar-refractivity contribution is 0.261. The van der Waals surface area contributed by atoms with Crippen LogP contribution in [0.4, 0.5) is 5.69 Å². The van der Waals surface area contributed by atoms with E-state index < -0.39 is 0 Å². The van der Waals surface area contributed by atoms with Crippen molar-refractivity contribution >= 4 is 5.69 Å². The van der Waals surface area contributed by atoms with Crippen molar-refractivity contribution in [1.29, 1.82) is 5.26 Å². The molecule has 2 unspecified atom stereocenters.